The van der Waals surface area contributed by atoms with Crippen molar-refractivity contribution in [1.29, 1.82) is 0 Å². The van der Waals surface area contributed by atoms with Crippen LogP contribution < -0.4 is 0 Å². The third-order valence-corrected chi connectivity index (χ3v) is 4.44. The fourth-order valence-corrected chi connectivity index (χ4v) is 3.30. The number of piperidine rings is 1. The Bertz CT molecular complexity index is 499. The zero-order valence-electron chi connectivity index (χ0n) is 12.5. The van der Waals surface area contributed by atoms with Crippen LogP contribution in [0.15, 0.2) is 17.3 Å². The van der Waals surface area contributed by atoms with Crippen LogP contribution in [0.1, 0.15) is 33.6 Å². The van der Waals surface area contributed by atoms with E-state index in [2.05, 4.69) is 9.97 Å². The molecule has 1 aromatic heterocycles. The van der Waals surface area contributed by atoms with E-state index in [1.807, 2.05) is 26.8 Å². The Hall–Kier alpha value is -1.01. The zero-order chi connectivity index (χ0) is 15.5. The van der Waals surface area contributed by atoms with Gasteiger partial charge in [-0.25, -0.2) is 14.8 Å². The number of ether oxygens (including phenoxy) is 1. The molecule has 116 valence electrons. The standard InChI is InChI=1S/C14H20ClN3O2S/c1-14(2,3)20-13(19)18-8-5-10(6-9-18)21-11-4-7-16-12(15)17-11/h4,7,10H,5-6,8-9H2,1-3H3. The Morgan fingerprint density at radius 3 is 2.67 bits per heavy atom. The lowest BCUT2D eigenvalue weighted by Gasteiger charge is -2.33. The summed E-state index contributed by atoms with van der Waals surface area (Å²) >= 11 is 7.48. The molecule has 2 rings (SSSR count). The van der Waals surface area contributed by atoms with Crippen LogP contribution in [-0.2, 0) is 4.74 Å². The first-order valence-electron chi connectivity index (χ1n) is 6.96. The highest BCUT2D eigenvalue weighted by Crippen LogP contribution is 2.29. The number of rotatable bonds is 2. The Balaban J connectivity index is 1.82. The van der Waals surface area contributed by atoms with Gasteiger partial charge in [0.1, 0.15) is 10.6 Å². The molecule has 1 aromatic rings. The van der Waals surface area contributed by atoms with Crippen molar-refractivity contribution in [2.24, 2.45) is 0 Å². The summed E-state index contributed by atoms with van der Waals surface area (Å²) in [6.07, 6.45) is 3.28. The lowest BCUT2D eigenvalue weighted by Crippen LogP contribution is -2.42. The van der Waals surface area contributed by atoms with Crippen LogP contribution in [0.25, 0.3) is 0 Å². The van der Waals surface area contributed by atoms with Gasteiger partial charge in [0.25, 0.3) is 0 Å². The van der Waals surface area contributed by atoms with Crippen molar-refractivity contribution in [3.8, 4) is 0 Å². The van der Waals surface area contributed by atoms with Gasteiger partial charge in [-0.05, 0) is 51.3 Å². The van der Waals surface area contributed by atoms with Crippen LogP contribution in [-0.4, -0.2) is 44.9 Å². The fraction of sp³-hybridized carbons (Fsp3) is 0.643. The number of carbonyl (C=O) groups excluding carboxylic acids is 1. The summed E-state index contributed by atoms with van der Waals surface area (Å²) in [6.45, 7) is 7.07. The number of thioether (sulfide) groups is 1. The maximum atomic E-state index is 12.0. The molecule has 5 nitrogen and oxygen atoms in total. The van der Waals surface area contributed by atoms with Crippen LogP contribution in [0.3, 0.4) is 0 Å². The van der Waals surface area contributed by atoms with Crippen molar-refractivity contribution in [2.75, 3.05) is 13.1 Å². The summed E-state index contributed by atoms with van der Waals surface area (Å²) < 4.78 is 5.39. The first-order chi connectivity index (χ1) is 9.83. The molecule has 0 radical (unpaired) electrons. The van der Waals surface area contributed by atoms with Crippen LogP contribution in [0.2, 0.25) is 5.28 Å². The van der Waals surface area contributed by atoms with Gasteiger partial charge in [-0.15, -0.1) is 11.8 Å². The third-order valence-electron chi connectivity index (χ3n) is 2.98. The summed E-state index contributed by atoms with van der Waals surface area (Å²) in [5.41, 5.74) is -0.444. The molecule has 1 fully saturated rings. The highest BCUT2D eigenvalue weighted by Gasteiger charge is 2.27. The summed E-state index contributed by atoms with van der Waals surface area (Å²) in [5.74, 6) is 0. The number of hydrogen-bond acceptors (Lipinski definition) is 5. The number of carbonyl (C=O) groups is 1. The zero-order valence-corrected chi connectivity index (χ0v) is 14.1. The largest absolute Gasteiger partial charge is 0.444 e. The summed E-state index contributed by atoms with van der Waals surface area (Å²) in [6, 6.07) is 1.86. The van der Waals surface area contributed by atoms with Crippen molar-refractivity contribution < 1.29 is 9.53 Å². The normalized spacial score (nSPS) is 16.9. The average molecular weight is 330 g/mol. The maximum absolute atomic E-state index is 12.0. The predicted molar refractivity (Wildman–Crippen MR) is 83.7 cm³/mol. The van der Waals surface area contributed by atoms with Crippen LogP contribution in [0, 0.1) is 0 Å². The molecule has 0 aliphatic carbocycles. The second kappa shape index (κ2) is 6.83. The van der Waals surface area contributed by atoms with Gasteiger partial charge < -0.3 is 9.64 Å². The van der Waals surface area contributed by atoms with Gasteiger partial charge in [0.05, 0.1) is 0 Å². The molecule has 1 aliphatic heterocycles. The molecule has 0 bridgehead atoms. The highest BCUT2D eigenvalue weighted by molar-refractivity contribution is 7.99. The average Bonchev–Trinajstić information content (AvgIpc) is 2.37. The molecule has 0 saturated carbocycles. The van der Waals surface area contributed by atoms with E-state index < -0.39 is 5.60 Å². The molecule has 0 N–H and O–H groups in total. The monoisotopic (exact) mass is 329 g/mol. The predicted octanol–water partition coefficient (Wildman–Crippen LogP) is 3.62. The van der Waals surface area contributed by atoms with Crippen LogP contribution in [0.5, 0.6) is 0 Å². The van der Waals surface area contributed by atoms with E-state index in [0.29, 0.717) is 18.3 Å². The second-order valence-electron chi connectivity index (χ2n) is 5.95. The van der Waals surface area contributed by atoms with E-state index in [1.165, 1.54) is 0 Å². The number of nitrogens with zero attached hydrogens (tertiary/aromatic N) is 3. The first-order valence-corrected chi connectivity index (χ1v) is 8.22. The van der Waals surface area contributed by atoms with Crippen LogP contribution >= 0.6 is 23.4 Å². The van der Waals surface area contributed by atoms with E-state index in [4.69, 9.17) is 16.3 Å². The maximum Gasteiger partial charge on any atom is 0.410 e. The summed E-state index contributed by atoms with van der Waals surface area (Å²) in [5, 5.41) is 1.59. The molecule has 1 amide bonds. The fourth-order valence-electron chi connectivity index (χ4n) is 2.04. The number of halogens is 1. The topological polar surface area (TPSA) is 55.3 Å². The van der Waals surface area contributed by atoms with E-state index in [1.54, 1.807) is 22.9 Å². The molecule has 7 heteroatoms. The molecule has 21 heavy (non-hydrogen) atoms. The molecule has 0 spiro atoms. The SMILES string of the molecule is CC(C)(C)OC(=O)N1CCC(Sc2ccnc(Cl)n2)CC1. The minimum atomic E-state index is -0.444. The Morgan fingerprint density at radius 1 is 1.43 bits per heavy atom. The quantitative estimate of drug-likeness (QED) is 0.612. The molecule has 0 atom stereocenters. The van der Waals surface area contributed by atoms with E-state index in [-0.39, 0.29) is 11.4 Å². The molecule has 0 aromatic carbocycles. The van der Waals surface area contributed by atoms with Crippen LogP contribution in [0.4, 0.5) is 4.79 Å². The van der Waals surface area contributed by atoms with Gasteiger partial charge >= 0.3 is 6.09 Å². The van der Waals surface area contributed by atoms with E-state index >= 15 is 0 Å². The molecule has 0 unspecified atom stereocenters. The smallest absolute Gasteiger partial charge is 0.410 e. The third kappa shape index (κ3) is 5.36. The molecular formula is C14H20ClN3O2S. The number of likely N-dealkylation sites (tertiary alicyclic amines) is 1. The minimum Gasteiger partial charge on any atom is -0.444 e. The first kappa shape index (κ1) is 16.4. The Morgan fingerprint density at radius 2 is 2.10 bits per heavy atom. The number of aromatic nitrogens is 2. The minimum absolute atomic E-state index is 0.226. The Labute approximate surface area is 134 Å². The molecule has 2 heterocycles. The van der Waals surface area contributed by atoms with Gasteiger partial charge in [-0.2, -0.15) is 0 Å². The lowest BCUT2D eigenvalue weighted by molar-refractivity contribution is 0.0219. The highest BCUT2D eigenvalue weighted by atomic mass is 35.5. The summed E-state index contributed by atoms with van der Waals surface area (Å²) in [4.78, 5) is 21.8. The summed E-state index contributed by atoms with van der Waals surface area (Å²) in [7, 11) is 0. The van der Waals surface area contributed by atoms with Gasteiger partial charge in [0.2, 0.25) is 5.28 Å². The van der Waals surface area contributed by atoms with E-state index in [0.717, 1.165) is 17.9 Å². The molecule has 1 saturated heterocycles. The van der Waals surface area contributed by atoms with E-state index in [9.17, 15) is 4.79 Å². The number of hydrogen-bond donors (Lipinski definition) is 0. The van der Waals surface area contributed by atoms with Gasteiger partial charge in [-0.1, -0.05) is 0 Å². The van der Waals surface area contributed by atoms with Crippen molar-refractivity contribution in [3.63, 3.8) is 0 Å². The molecule has 1 aliphatic rings. The van der Waals surface area contributed by atoms with Gasteiger partial charge in [-0.3, -0.25) is 0 Å². The van der Waals surface area contributed by atoms with Crippen molar-refractivity contribution >= 4 is 29.5 Å². The van der Waals surface area contributed by atoms with Gasteiger partial charge in [0.15, 0.2) is 0 Å². The second-order valence-corrected chi connectivity index (χ2v) is 7.61. The van der Waals surface area contributed by atoms with Gasteiger partial charge in [0, 0.05) is 24.5 Å². The van der Waals surface area contributed by atoms with Crippen molar-refractivity contribution in [3.05, 3.63) is 17.5 Å². The molecular weight excluding hydrogens is 310 g/mol. The number of amides is 1. The lowest BCUT2D eigenvalue weighted by atomic mass is 10.1. The van der Waals surface area contributed by atoms with Crippen molar-refractivity contribution in [1.82, 2.24) is 14.9 Å². The van der Waals surface area contributed by atoms with Crippen molar-refractivity contribution in [2.45, 2.75) is 49.5 Å². The Kier molecular flexibility index (Phi) is 5.32.